The Hall–Kier alpha value is -0.450. The summed E-state index contributed by atoms with van der Waals surface area (Å²) in [6, 6.07) is 5.34. The minimum atomic E-state index is -0.178. The first kappa shape index (κ1) is 12.0. The van der Waals surface area contributed by atoms with Crippen LogP contribution in [0.25, 0.3) is 0 Å². The van der Waals surface area contributed by atoms with E-state index in [-0.39, 0.29) is 5.82 Å². The number of halogens is 2. The fourth-order valence-corrected chi connectivity index (χ4v) is 2.27. The van der Waals surface area contributed by atoms with Crippen molar-refractivity contribution in [2.75, 3.05) is 13.2 Å². The molecule has 88 valence electrons. The highest BCUT2D eigenvalue weighted by atomic mass is 79.9. The van der Waals surface area contributed by atoms with Gasteiger partial charge in [-0.25, -0.2) is 4.39 Å². The molecule has 1 fully saturated rings. The predicted molar refractivity (Wildman–Crippen MR) is 64.8 cm³/mol. The molecule has 1 atom stereocenters. The summed E-state index contributed by atoms with van der Waals surface area (Å²) in [6.45, 7) is 2.20. The molecule has 0 bridgehead atoms. The number of nitrogens with one attached hydrogen (secondary N) is 1. The van der Waals surface area contributed by atoms with Crippen LogP contribution in [0, 0.1) is 5.82 Å². The van der Waals surface area contributed by atoms with Crippen LogP contribution in [0.15, 0.2) is 22.7 Å². The Balaban J connectivity index is 1.82. The third-order valence-electron chi connectivity index (χ3n) is 2.74. The Bertz CT molecular complexity index is 353. The first-order chi connectivity index (χ1) is 7.77. The number of hydrogen-bond donors (Lipinski definition) is 1. The van der Waals surface area contributed by atoms with E-state index >= 15 is 0 Å². The normalized spacial score (nSPS) is 20.2. The van der Waals surface area contributed by atoms with Crippen LogP contribution < -0.4 is 5.32 Å². The van der Waals surface area contributed by atoms with Crippen molar-refractivity contribution in [1.29, 1.82) is 0 Å². The van der Waals surface area contributed by atoms with Crippen molar-refractivity contribution in [2.45, 2.75) is 25.5 Å². The molecule has 1 aromatic carbocycles. The zero-order valence-corrected chi connectivity index (χ0v) is 10.6. The molecule has 0 aliphatic carbocycles. The maximum absolute atomic E-state index is 13.6. The summed E-state index contributed by atoms with van der Waals surface area (Å²) in [5, 5.41) is 3.23. The first-order valence-corrected chi connectivity index (χ1v) is 6.32. The molecule has 0 aromatic heterocycles. The summed E-state index contributed by atoms with van der Waals surface area (Å²) in [5.41, 5.74) is 0.687. The Morgan fingerprint density at radius 2 is 2.38 bits per heavy atom. The molecule has 1 heterocycles. The molecule has 1 saturated heterocycles. The van der Waals surface area contributed by atoms with Crippen LogP contribution in [-0.2, 0) is 11.3 Å². The van der Waals surface area contributed by atoms with Crippen molar-refractivity contribution in [3.63, 3.8) is 0 Å². The largest absolute Gasteiger partial charge is 0.377 e. The monoisotopic (exact) mass is 287 g/mol. The van der Waals surface area contributed by atoms with Crippen molar-refractivity contribution in [3.8, 4) is 0 Å². The van der Waals surface area contributed by atoms with Gasteiger partial charge >= 0.3 is 0 Å². The topological polar surface area (TPSA) is 21.3 Å². The Kier molecular flexibility index (Phi) is 4.32. The standard InChI is InChI=1S/C12H15BrFNO/c13-11-5-1-3-9(12(11)14)7-15-8-10-4-2-6-16-10/h1,3,5,10,15H,2,4,6-8H2. The molecule has 16 heavy (non-hydrogen) atoms. The second kappa shape index (κ2) is 5.75. The maximum Gasteiger partial charge on any atom is 0.141 e. The van der Waals surface area contributed by atoms with E-state index in [1.165, 1.54) is 0 Å². The lowest BCUT2D eigenvalue weighted by atomic mass is 10.2. The molecule has 1 aliphatic heterocycles. The van der Waals surface area contributed by atoms with E-state index in [2.05, 4.69) is 21.2 Å². The highest BCUT2D eigenvalue weighted by Crippen LogP contribution is 2.18. The molecular weight excluding hydrogens is 273 g/mol. The molecule has 1 aromatic rings. The molecule has 0 saturated carbocycles. The van der Waals surface area contributed by atoms with Crippen molar-refractivity contribution in [1.82, 2.24) is 5.32 Å². The van der Waals surface area contributed by atoms with Gasteiger partial charge in [-0.05, 0) is 34.8 Å². The molecule has 2 nitrogen and oxygen atoms in total. The van der Waals surface area contributed by atoms with Crippen LogP contribution in [0.5, 0.6) is 0 Å². The molecule has 0 spiro atoms. The number of hydrogen-bond acceptors (Lipinski definition) is 2. The molecule has 2 rings (SSSR count). The SMILES string of the molecule is Fc1c(Br)cccc1CNCC1CCCO1. The van der Waals surface area contributed by atoms with Crippen molar-refractivity contribution >= 4 is 15.9 Å². The average Bonchev–Trinajstić information content (AvgIpc) is 2.77. The Morgan fingerprint density at radius 1 is 1.50 bits per heavy atom. The molecule has 1 N–H and O–H groups in total. The van der Waals surface area contributed by atoms with Gasteiger partial charge in [-0.1, -0.05) is 12.1 Å². The lowest BCUT2D eigenvalue weighted by molar-refractivity contribution is 0.110. The van der Waals surface area contributed by atoms with Gasteiger partial charge in [0.2, 0.25) is 0 Å². The Morgan fingerprint density at radius 3 is 3.12 bits per heavy atom. The molecule has 0 amide bonds. The number of ether oxygens (including phenoxy) is 1. The second-order valence-corrected chi connectivity index (χ2v) is 4.83. The van der Waals surface area contributed by atoms with Gasteiger partial charge in [0.15, 0.2) is 0 Å². The molecule has 0 radical (unpaired) electrons. The van der Waals surface area contributed by atoms with E-state index < -0.39 is 0 Å². The van der Waals surface area contributed by atoms with Crippen LogP contribution in [0.1, 0.15) is 18.4 Å². The van der Waals surface area contributed by atoms with E-state index in [1.807, 2.05) is 6.07 Å². The molecule has 4 heteroatoms. The van der Waals surface area contributed by atoms with Gasteiger partial charge in [0, 0.05) is 25.3 Å². The zero-order valence-electron chi connectivity index (χ0n) is 9.01. The maximum atomic E-state index is 13.6. The minimum absolute atomic E-state index is 0.178. The van der Waals surface area contributed by atoms with Crippen molar-refractivity contribution in [3.05, 3.63) is 34.1 Å². The molecule has 1 aliphatic rings. The average molecular weight is 288 g/mol. The number of benzene rings is 1. The highest BCUT2D eigenvalue weighted by Gasteiger charge is 2.14. The summed E-state index contributed by atoms with van der Waals surface area (Å²) < 4.78 is 19.6. The van der Waals surface area contributed by atoms with Gasteiger partial charge in [0.25, 0.3) is 0 Å². The third-order valence-corrected chi connectivity index (χ3v) is 3.36. The lowest BCUT2D eigenvalue weighted by Gasteiger charge is -2.11. The van der Waals surface area contributed by atoms with E-state index in [4.69, 9.17) is 4.74 Å². The van der Waals surface area contributed by atoms with E-state index in [0.717, 1.165) is 26.0 Å². The van der Waals surface area contributed by atoms with E-state index in [0.29, 0.717) is 22.7 Å². The smallest absolute Gasteiger partial charge is 0.141 e. The van der Waals surface area contributed by atoms with Crippen molar-refractivity contribution < 1.29 is 9.13 Å². The third kappa shape index (κ3) is 3.03. The Labute approximate surface area is 103 Å². The fourth-order valence-electron chi connectivity index (χ4n) is 1.86. The van der Waals surface area contributed by atoms with Gasteiger partial charge in [0.1, 0.15) is 5.82 Å². The van der Waals surface area contributed by atoms with Gasteiger partial charge < -0.3 is 10.1 Å². The second-order valence-electron chi connectivity index (χ2n) is 3.98. The van der Waals surface area contributed by atoms with Gasteiger partial charge in [0.05, 0.1) is 10.6 Å². The molecular formula is C12H15BrFNO. The van der Waals surface area contributed by atoms with E-state index in [1.54, 1.807) is 12.1 Å². The highest BCUT2D eigenvalue weighted by molar-refractivity contribution is 9.10. The predicted octanol–water partition coefficient (Wildman–Crippen LogP) is 2.86. The van der Waals surface area contributed by atoms with Crippen LogP contribution >= 0.6 is 15.9 Å². The first-order valence-electron chi connectivity index (χ1n) is 5.52. The van der Waals surface area contributed by atoms with Gasteiger partial charge in [-0.15, -0.1) is 0 Å². The summed E-state index contributed by atoms with van der Waals surface area (Å²) in [5.74, 6) is -0.178. The van der Waals surface area contributed by atoms with Crippen LogP contribution in [0.2, 0.25) is 0 Å². The van der Waals surface area contributed by atoms with Crippen LogP contribution in [-0.4, -0.2) is 19.3 Å². The zero-order chi connectivity index (χ0) is 11.4. The summed E-state index contributed by atoms with van der Waals surface area (Å²) in [7, 11) is 0. The quantitative estimate of drug-likeness (QED) is 0.920. The summed E-state index contributed by atoms with van der Waals surface area (Å²) in [4.78, 5) is 0. The summed E-state index contributed by atoms with van der Waals surface area (Å²) in [6.07, 6.45) is 2.54. The van der Waals surface area contributed by atoms with E-state index in [9.17, 15) is 4.39 Å². The fraction of sp³-hybridized carbons (Fsp3) is 0.500. The minimum Gasteiger partial charge on any atom is -0.377 e. The van der Waals surface area contributed by atoms with Gasteiger partial charge in [-0.2, -0.15) is 0 Å². The van der Waals surface area contributed by atoms with Crippen molar-refractivity contribution in [2.24, 2.45) is 0 Å². The molecule has 1 unspecified atom stereocenters. The van der Waals surface area contributed by atoms with Gasteiger partial charge in [-0.3, -0.25) is 0 Å². The van der Waals surface area contributed by atoms with Crippen LogP contribution in [0.4, 0.5) is 4.39 Å². The van der Waals surface area contributed by atoms with Crippen LogP contribution in [0.3, 0.4) is 0 Å². The number of rotatable bonds is 4. The summed E-state index contributed by atoms with van der Waals surface area (Å²) >= 11 is 3.18. The lowest BCUT2D eigenvalue weighted by Crippen LogP contribution is -2.26.